The van der Waals surface area contributed by atoms with Gasteiger partial charge in [-0.25, -0.2) is 10.1 Å². The van der Waals surface area contributed by atoms with Crippen LogP contribution in [0.5, 0.6) is 0 Å². The number of nitrogen functional groups attached to an aromatic ring is 1. The zero-order valence-electron chi connectivity index (χ0n) is 16.4. The maximum Gasteiger partial charge on any atom is 0.292 e. The van der Waals surface area contributed by atoms with Crippen LogP contribution in [0.15, 0.2) is 64.3 Å². The third-order valence-electron chi connectivity index (χ3n) is 4.92. The molecule has 152 valence electrons. The van der Waals surface area contributed by atoms with Gasteiger partial charge in [-0.2, -0.15) is 9.78 Å². The highest BCUT2D eigenvalue weighted by Gasteiger charge is 2.22. The van der Waals surface area contributed by atoms with Gasteiger partial charge in [0.15, 0.2) is 5.69 Å². The fourth-order valence-electron chi connectivity index (χ4n) is 3.50. The SMILES string of the molecule is Cc1nnn(-c2nonc2N)c1C(=O)N/N=C/c1c2ccccc2cc2ccccc12. The van der Waals surface area contributed by atoms with Crippen LogP contribution in [0.25, 0.3) is 27.4 Å². The molecule has 0 unspecified atom stereocenters. The van der Waals surface area contributed by atoms with Crippen molar-refractivity contribution < 1.29 is 9.42 Å². The first-order valence-corrected chi connectivity index (χ1v) is 9.38. The van der Waals surface area contributed by atoms with Gasteiger partial charge in [0.1, 0.15) is 0 Å². The number of nitrogens with zero attached hydrogens (tertiary/aromatic N) is 6. The van der Waals surface area contributed by atoms with Crippen molar-refractivity contribution in [3.8, 4) is 5.82 Å². The first-order chi connectivity index (χ1) is 15.1. The molecule has 3 aromatic carbocycles. The van der Waals surface area contributed by atoms with Crippen LogP contribution in [0, 0.1) is 6.92 Å². The monoisotopic (exact) mass is 412 g/mol. The maximum absolute atomic E-state index is 12.8. The van der Waals surface area contributed by atoms with Crippen molar-refractivity contribution in [3.63, 3.8) is 0 Å². The summed E-state index contributed by atoms with van der Waals surface area (Å²) in [6, 6.07) is 18.2. The van der Waals surface area contributed by atoms with Crippen molar-refractivity contribution in [1.82, 2.24) is 30.7 Å². The second-order valence-corrected chi connectivity index (χ2v) is 6.84. The fourth-order valence-corrected chi connectivity index (χ4v) is 3.50. The molecule has 31 heavy (non-hydrogen) atoms. The van der Waals surface area contributed by atoms with Crippen LogP contribution in [0.2, 0.25) is 0 Å². The van der Waals surface area contributed by atoms with Gasteiger partial charge in [-0.05, 0) is 44.8 Å². The molecule has 2 aromatic heterocycles. The highest BCUT2D eigenvalue weighted by molar-refractivity contribution is 6.13. The van der Waals surface area contributed by atoms with E-state index in [1.165, 1.54) is 4.68 Å². The molecule has 0 spiro atoms. The van der Waals surface area contributed by atoms with Crippen molar-refractivity contribution in [2.45, 2.75) is 6.92 Å². The number of nitrogens with two attached hydrogens (primary N) is 1. The van der Waals surface area contributed by atoms with Gasteiger partial charge in [0.05, 0.1) is 11.9 Å². The molecule has 10 nitrogen and oxygen atoms in total. The van der Waals surface area contributed by atoms with Crippen LogP contribution in [-0.4, -0.2) is 37.4 Å². The number of carbonyl (C=O) groups excluding carboxylic acids is 1. The molecule has 0 bridgehead atoms. The molecule has 0 saturated heterocycles. The number of rotatable bonds is 4. The first kappa shape index (κ1) is 18.4. The zero-order chi connectivity index (χ0) is 21.4. The van der Waals surface area contributed by atoms with Gasteiger partial charge in [-0.3, -0.25) is 4.79 Å². The number of nitrogens with one attached hydrogen (secondary N) is 1. The standard InChI is InChI=1S/C21H16N8O2/c1-12-18(29(28-24-12)20-19(22)26-31-27-20)21(30)25-23-11-17-15-8-4-2-6-13(15)10-14-7-3-5-9-16(14)17/h2-11H,1H3,(H2,22,26)(H,25,30)/b23-11+. The number of anilines is 1. The largest absolute Gasteiger partial charge is 0.378 e. The zero-order valence-corrected chi connectivity index (χ0v) is 16.4. The second kappa shape index (κ2) is 7.34. The van der Waals surface area contributed by atoms with Crippen molar-refractivity contribution in [2.24, 2.45) is 5.10 Å². The topological polar surface area (TPSA) is 137 Å². The number of hydrogen-bond acceptors (Lipinski definition) is 8. The van der Waals surface area contributed by atoms with Gasteiger partial charge in [-0.15, -0.1) is 5.10 Å². The molecule has 0 aliphatic heterocycles. The fraction of sp³-hybridized carbons (Fsp3) is 0.0476. The summed E-state index contributed by atoms with van der Waals surface area (Å²) in [5, 5.41) is 23.4. The number of carbonyl (C=O) groups is 1. The highest BCUT2D eigenvalue weighted by atomic mass is 16.6. The normalized spacial score (nSPS) is 11.5. The summed E-state index contributed by atoms with van der Waals surface area (Å²) < 4.78 is 5.76. The summed E-state index contributed by atoms with van der Waals surface area (Å²) in [6.45, 7) is 1.64. The molecule has 5 aromatic rings. The van der Waals surface area contributed by atoms with E-state index in [1.54, 1.807) is 13.1 Å². The summed E-state index contributed by atoms with van der Waals surface area (Å²) in [5.74, 6) is -0.454. The lowest BCUT2D eigenvalue weighted by atomic mass is 9.97. The Morgan fingerprint density at radius 3 is 2.42 bits per heavy atom. The minimum Gasteiger partial charge on any atom is -0.378 e. The van der Waals surface area contributed by atoms with Gasteiger partial charge in [0.25, 0.3) is 5.91 Å². The van der Waals surface area contributed by atoms with E-state index in [2.05, 4.69) is 41.8 Å². The molecule has 1 amide bonds. The summed E-state index contributed by atoms with van der Waals surface area (Å²) in [5.41, 5.74) is 9.66. The minimum absolute atomic E-state index is 0.00956. The van der Waals surface area contributed by atoms with Crippen LogP contribution in [0.4, 0.5) is 5.82 Å². The molecule has 2 heterocycles. The van der Waals surface area contributed by atoms with Gasteiger partial charge in [0, 0.05) is 5.56 Å². The molecule has 0 fully saturated rings. The molecule has 0 saturated carbocycles. The van der Waals surface area contributed by atoms with Crippen molar-refractivity contribution in [3.05, 3.63) is 71.5 Å². The lowest BCUT2D eigenvalue weighted by Gasteiger charge is -2.08. The average molecular weight is 412 g/mol. The third-order valence-corrected chi connectivity index (χ3v) is 4.92. The molecule has 5 rings (SSSR count). The van der Waals surface area contributed by atoms with Crippen molar-refractivity contribution >= 4 is 39.5 Å². The van der Waals surface area contributed by atoms with Crippen LogP contribution < -0.4 is 11.2 Å². The second-order valence-electron chi connectivity index (χ2n) is 6.84. The molecule has 0 aliphatic rings. The Morgan fingerprint density at radius 2 is 1.77 bits per heavy atom. The Morgan fingerprint density at radius 1 is 1.10 bits per heavy atom. The Kier molecular flexibility index (Phi) is 4.36. The van der Waals surface area contributed by atoms with E-state index in [4.69, 9.17) is 5.73 Å². The minimum atomic E-state index is -0.523. The Bertz CT molecular complexity index is 1410. The van der Waals surface area contributed by atoms with Gasteiger partial charge < -0.3 is 5.73 Å². The summed E-state index contributed by atoms with van der Waals surface area (Å²) in [7, 11) is 0. The number of benzene rings is 3. The molecule has 0 atom stereocenters. The van der Waals surface area contributed by atoms with E-state index < -0.39 is 5.91 Å². The Labute approximate surface area is 175 Å². The lowest BCUT2D eigenvalue weighted by Crippen LogP contribution is -2.22. The molecule has 0 aliphatic carbocycles. The van der Waals surface area contributed by atoms with Crippen LogP contribution in [0.1, 0.15) is 21.7 Å². The van der Waals surface area contributed by atoms with E-state index in [0.29, 0.717) is 5.69 Å². The number of amides is 1. The van der Waals surface area contributed by atoms with E-state index in [9.17, 15) is 4.79 Å². The van der Waals surface area contributed by atoms with Crippen LogP contribution in [0.3, 0.4) is 0 Å². The van der Waals surface area contributed by atoms with E-state index >= 15 is 0 Å². The predicted octanol–water partition coefficient (Wildman–Crippen LogP) is 2.61. The highest BCUT2D eigenvalue weighted by Crippen LogP contribution is 2.27. The van der Waals surface area contributed by atoms with E-state index in [0.717, 1.165) is 27.1 Å². The number of aryl methyl sites for hydroxylation is 1. The Hall–Kier alpha value is -4.60. The van der Waals surface area contributed by atoms with Crippen molar-refractivity contribution in [1.29, 1.82) is 0 Å². The molecule has 3 N–H and O–H groups in total. The smallest absolute Gasteiger partial charge is 0.292 e. The van der Waals surface area contributed by atoms with E-state index in [-0.39, 0.29) is 17.3 Å². The van der Waals surface area contributed by atoms with Crippen LogP contribution in [-0.2, 0) is 0 Å². The van der Waals surface area contributed by atoms with Gasteiger partial charge >= 0.3 is 0 Å². The summed E-state index contributed by atoms with van der Waals surface area (Å²) >= 11 is 0. The summed E-state index contributed by atoms with van der Waals surface area (Å²) in [4.78, 5) is 12.8. The first-order valence-electron chi connectivity index (χ1n) is 9.38. The lowest BCUT2D eigenvalue weighted by molar-refractivity contribution is 0.0946. The molecular formula is C21H16N8O2. The van der Waals surface area contributed by atoms with E-state index in [1.807, 2.05) is 48.5 Å². The van der Waals surface area contributed by atoms with Crippen molar-refractivity contribution in [2.75, 3.05) is 5.73 Å². The quantitative estimate of drug-likeness (QED) is 0.263. The Balaban J connectivity index is 1.51. The molecule has 10 heteroatoms. The molecule has 0 radical (unpaired) electrons. The number of aromatic nitrogens is 5. The summed E-state index contributed by atoms with van der Waals surface area (Å²) in [6.07, 6.45) is 1.64. The number of fused-ring (bicyclic) bond motifs is 2. The van der Waals surface area contributed by atoms with Gasteiger partial charge in [0.2, 0.25) is 11.6 Å². The van der Waals surface area contributed by atoms with Crippen LogP contribution >= 0.6 is 0 Å². The third kappa shape index (κ3) is 3.15. The predicted molar refractivity (Wildman–Crippen MR) is 115 cm³/mol. The maximum atomic E-state index is 12.8. The molecular weight excluding hydrogens is 396 g/mol. The average Bonchev–Trinajstić information content (AvgIpc) is 3.38. The number of hydrogen-bond donors (Lipinski definition) is 2. The van der Waals surface area contributed by atoms with Gasteiger partial charge in [-0.1, -0.05) is 53.7 Å². The number of hydrazone groups is 1.